The van der Waals surface area contributed by atoms with Gasteiger partial charge in [-0.1, -0.05) is 27.5 Å². The van der Waals surface area contributed by atoms with E-state index in [1.807, 2.05) is 6.07 Å². The van der Waals surface area contributed by atoms with Gasteiger partial charge in [-0.05, 0) is 43.5 Å². The van der Waals surface area contributed by atoms with E-state index < -0.39 is 6.04 Å². The monoisotopic (exact) mass is 331 g/mol. The standard InChI is InChI=1S/C13H15BrClNO2/c1-2-18-13(17)12(16-9-4-5-9)10-7-8(15)3-6-11(10)14/h3,6-7,9,12,16H,2,4-5H2,1H3. The van der Waals surface area contributed by atoms with Crippen molar-refractivity contribution in [2.24, 2.45) is 0 Å². The van der Waals surface area contributed by atoms with Crippen LogP contribution in [0.1, 0.15) is 31.4 Å². The fourth-order valence-electron chi connectivity index (χ4n) is 1.73. The van der Waals surface area contributed by atoms with E-state index in [4.69, 9.17) is 16.3 Å². The van der Waals surface area contributed by atoms with Crippen molar-refractivity contribution in [2.45, 2.75) is 31.8 Å². The summed E-state index contributed by atoms with van der Waals surface area (Å²) in [6, 6.07) is 5.38. The molecule has 0 bridgehead atoms. The maximum Gasteiger partial charge on any atom is 0.327 e. The smallest absolute Gasteiger partial charge is 0.327 e. The minimum atomic E-state index is -0.453. The van der Waals surface area contributed by atoms with Gasteiger partial charge in [-0.15, -0.1) is 0 Å². The fraction of sp³-hybridized carbons (Fsp3) is 0.462. The molecular formula is C13H15BrClNO2. The van der Waals surface area contributed by atoms with Crippen LogP contribution in [-0.2, 0) is 9.53 Å². The van der Waals surface area contributed by atoms with Crippen molar-refractivity contribution in [1.82, 2.24) is 5.32 Å². The van der Waals surface area contributed by atoms with Gasteiger partial charge in [-0.25, -0.2) is 4.79 Å². The number of benzene rings is 1. The summed E-state index contributed by atoms with van der Waals surface area (Å²) in [5, 5.41) is 3.91. The lowest BCUT2D eigenvalue weighted by atomic mass is 10.1. The van der Waals surface area contributed by atoms with Gasteiger partial charge in [0.25, 0.3) is 0 Å². The molecule has 2 rings (SSSR count). The summed E-state index contributed by atoms with van der Waals surface area (Å²) < 4.78 is 5.98. The van der Waals surface area contributed by atoms with Gasteiger partial charge in [0.2, 0.25) is 0 Å². The number of ether oxygens (including phenoxy) is 1. The summed E-state index contributed by atoms with van der Waals surface area (Å²) >= 11 is 9.45. The lowest BCUT2D eigenvalue weighted by Gasteiger charge is -2.19. The topological polar surface area (TPSA) is 38.3 Å². The van der Waals surface area contributed by atoms with Crippen molar-refractivity contribution >= 4 is 33.5 Å². The highest BCUT2D eigenvalue weighted by Crippen LogP contribution is 2.31. The van der Waals surface area contributed by atoms with E-state index in [1.54, 1.807) is 19.1 Å². The summed E-state index contributed by atoms with van der Waals surface area (Å²) in [4.78, 5) is 12.0. The number of esters is 1. The van der Waals surface area contributed by atoms with Crippen molar-refractivity contribution in [3.63, 3.8) is 0 Å². The predicted octanol–water partition coefficient (Wildman–Crippen LogP) is 3.46. The number of halogens is 2. The second-order valence-corrected chi connectivity index (χ2v) is 5.58. The zero-order valence-electron chi connectivity index (χ0n) is 10.1. The van der Waals surface area contributed by atoms with Gasteiger partial charge in [0.05, 0.1) is 6.61 Å². The van der Waals surface area contributed by atoms with Crippen molar-refractivity contribution < 1.29 is 9.53 Å². The molecule has 1 aromatic rings. The molecular weight excluding hydrogens is 318 g/mol. The summed E-state index contributed by atoms with van der Waals surface area (Å²) in [5.41, 5.74) is 0.827. The van der Waals surface area contributed by atoms with Crippen LogP contribution >= 0.6 is 27.5 Å². The minimum absolute atomic E-state index is 0.257. The third kappa shape index (κ3) is 3.46. The number of hydrogen-bond donors (Lipinski definition) is 1. The van der Waals surface area contributed by atoms with Crippen LogP contribution in [0.4, 0.5) is 0 Å². The molecule has 0 amide bonds. The lowest BCUT2D eigenvalue weighted by molar-refractivity contribution is -0.145. The summed E-state index contributed by atoms with van der Waals surface area (Å²) in [7, 11) is 0. The largest absolute Gasteiger partial charge is 0.465 e. The molecule has 1 fully saturated rings. The maximum absolute atomic E-state index is 12.0. The van der Waals surface area contributed by atoms with E-state index in [0.29, 0.717) is 17.7 Å². The Kier molecular flexibility index (Phi) is 4.65. The van der Waals surface area contributed by atoms with E-state index in [0.717, 1.165) is 22.9 Å². The second-order valence-electron chi connectivity index (χ2n) is 4.29. The van der Waals surface area contributed by atoms with Gasteiger partial charge < -0.3 is 4.74 Å². The molecule has 0 radical (unpaired) electrons. The predicted molar refractivity (Wildman–Crippen MR) is 74.7 cm³/mol. The molecule has 3 nitrogen and oxygen atoms in total. The molecule has 98 valence electrons. The van der Waals surface area contributed by atoms with Crippen molar-refractivity contribution in [1.29, 1.82) is 0 Å². The molecule has 0 aliphatic heterocycles. The molecule has 5 heteroatoms. The molecule has 1 atom stereocenters. The van der Waals surface area contributed by atoms with Crippen LogP contribution in [0.25, 0.3) is 0 Å². The van der Waals surface area contributed by atoms with Gasteiger partial charge in [-0.2, -0.15) is 0 Å². The highest BCUT2D eigenvalue weighted by atomic mass is 79.9. The SMILES string of the molecule is CCOC(=O)C(NC1CC1)c1cc(Cl)ccc1Br. The fourth-order valence-corrected chi connectivity index (χ4v) is 2.39. The van der Waals surface area contributed by atoms with Crippen LogP contribution < -0.4 is 5.32 Å². The molecule has 18 heavy (non-hydrogen) atoms. The molecule has 1 aromatic carbocycles. The summed E-state index contributed by atoms with van der Waals surface area (Å²) in [6.45, 7) is 2.18. The van der Waals surface area contributed by atoms with E-state index in [-0.39, 0.29) is 5.97 Å². The normalized spacial score (nSPS) is 16.4. The van der Waals surface area contributed by atoms with E-state index >= 15 is 0 Å². The van der Waals surface area contributed by atoms with Crippen LogP contribution in [0.3, 0.4) is 0 Å². The zero-order chi connectivity index (χ0) is 13.1. The van der Waals surface area contributed by atoms with E-state index in [9.17, 15) is 4.79 Å². The Morgan fingerprint density at radius 2 is 2.33 bits per heavy atom. The van der Waals surface area contributed by atoms with Gasteiger partial charge in [0.1, 0.15) is 6.04 Å². The molecule has 0 heterocycles. The van der Waals surface area contributed by atoms with Gasteiger partial charge in [0.15, 0.2) is 0 Å². The van der Waals surface area contributed by atoms with Crippen LogP contribution in [0, 0.1) is 0 Å². The Balaban J connectivity index is 2.25. The third-order valence-electron chi connectivity index (χ3n) is 2.77. The first-order valence-corrected chi connectivity index (χ1v) is 7.16. The number of hydrogen-bond acceptors (Lipinski definition) is 3. The molecule has 1 aliphatic rings. The van der Waals surface area contributed by atoms with Crippen LogP contribution in [0.15, 0.2) is 22.7 Å². The van der Waals surface area contributed by atoms with Crippen LogP contribution in [0.2, 0.25) is 5.02 Å². The quantitative estimate of drug-likeness (QED) is 0.839. The highest BCUT2D eigenvalue weighted by Gasteiger charge is 2.31. The zero-order valence-corrected chi connectivity index (χ0v) is 12.4. The molecule has 0 aromatic heterocycles. The Labute approximate surface area is 120 Å². The Bertz CT molecular complexity index is 449. The van der Waals surface area contributed by atoms with Crippen molar-refractivity contribution in [3.8, 4) is 0 Å². The first kappa shape index (κ1) is 13.8. The highest BCUT2D eigenvalue weighted by molar-refractivity contribution is 9.10. The number of rotatable bonds is 5. The summed E-state index contributed by atoms with van der Waals surface area (Å²) in [6.07, 6.45) is 2.21. The van der Waals surface area contributed by atoms with Crippen molar-refractivity contribution in [2.75, 3.05) is 6.61 Å². The average molecular weight is 333 g/mol. The Morgan fingerprint density at radius 3 is 2.94 bits per heavy atom. The second kappa shape index (κ2) is 6.04. The lowest BCUT2D eigenvalue weighted by Crippen LogP contribution is -2.32. The minimum Gasteiger partial charge on any atom is -0.465 e. The van der Waals surface area contributed by atoms with E-state index in [1.165, 1.54) is 0 Å². The molecule has 1 saturated carbocycles. The summed E-state index contributed by atoms with van der Waals surface area (Å²) in [5.74, 6) is -0.257. The van der Waals surface area contributed by atoms with E-state index in [2.05, 4.69) is 21.2 Å². The average Bonchev–Trinajstić information content (AvgIpc) is 3.14. The van der Waals surface area contributed by atoms with Gasteiger partial charge in [-0.3, -0.25) is 5.32 Å². The van der Waals surface area contributed by atoms with Gasteiger partial charge in [0, 0.05) is 15.5 Å². The number of carbonyl (C=O) groups excluding carboxylic acids is 1. The maximum atomic E-state index is 12.0. The Morgan fingerprint density at radius 1 is 1.61 bits per heavy atom. The first-order chi connectivity index (χ1) is 8.61. The number of carbonyl (C=O) groups is 1. The van der Waals surface area contributed by atoms with Gasteiger partial charge >= 0.3 is 5.97 Å². The molecule has 0 saturated heterocycles. The number of nitrogens with one attached hydrogen (secondary N) is 1. The molecule has 0 spiro atoms. The van der Waals surface area contributed by atoms with Crippen molar-refractivity contribution in [3.05, 3.63) is 33.3 Å². The third-order valence-corrected chi connectivity index (χ3v) is 3.73. The molecule has 1 unspecified atom stereocenters. The Hall–Kier alpha value is -0.580. The molecule has 1 aliphatic carbocycles. The van der Waals surface area contributed by atoms with Crippen LogP contribution in [0.5, 0.6) is 0 Å². The molecule has 1 N–H and O–H groups in total. The first-order valence-electron chi connectivity index (χ1n) is 5.99. The van der Waals surface area contributed by atoms with Crippen LogP contribution in [-0.4, -0.2) is 18.6 Å².